The van der Waals surface area contributed by atoms with Gasteiger partial charge >= 0.3 is 0 Å². The zero-order chi connectivity index (χ0) is 17.7. The zero-order valence-corrected chi connectivity index (χ0v) is 16.3. The Morgan fingerprint density at radius 2 is 1.79 bits per heavy atom. The molecule has 1 amide bonds. The average Bonchev–Trinajstić information content (AvgIpc) is 2.99. The van der Waals surface area contributed by atoms with Gasteiger partial charge in [0.15, 0.2) is 5.96 Å². The van der Waals surface area contributed by atoms with E-state index in [9.17, 15) is 4.79 Å². The first-order chi connectivity index (χ1) is 11.4. The standard InChI is InChI=1S/C19H36N4O/c1-6-20-18(23-12-15(2)11-16(3)13-23)21-14-19(9-7-8-10-19)17(24)22(4)5/h15-16H,6-14H2,1-5H3,(H,20,21). The molecule has 5 heteroatoms. The van der Waals surface area contributed by atoms with Gasteiger partial charge < -0.3 is 15.1 Å². The van der Waals surface area contributed by atoms with Crippen LogP contribution in [0.15, 0.2) is 4.99 Å². The molecule has 0 spiro atoms. The summed E-state index contributed by atoms with van der Waals surface area (Å²) in [5.41, 5.74) is -0.281. The molecule has 1 aliphatic carbocycles. The Kier molecular flexibility index (Phi) is 6.53. The van der Waals surface area contributed by atoms with Crippen LogP contribution in [0.5, 0.6) is 0 Å². The highest BCUT2D eigenvalue weighted by Gasteiger charge is 2.42. The molecule has 1 N–H and O–H groups in total. The predicted octanol–water partition coefficient (Wildman–Crippen LogP) is 2.58. The maximum atomic E-state index is 12.7. The summed E-state index contributed by atoms with van der Waals surface area (Å²) in [4.78, 5) is 21.8. The molecule has 5 nitrogen and oxygen atoms in total. The van der Waals surface area contributed by atoms with E-state index in [0.717, 1.165) is 51.3 Å². The van der Waals surface area contributed by atoms with Crippen LogP contribution in [0.1, 0.15) is 52.9 Å². The minimum absolute atomic E-state index is 0.250. The monoisotopic (exact) mass is 336 g/mol. The Bertz CT molecular complexity index is 444. The number of hydrogen-bond donors (Lipinski definition) is 1. The number of nitrogens with zero attached hydrogens (tertiary/aromatic N) is 3. The van der Waals surface area contributed by atoms with E-state index >= 15 is 0 Å². The van der Waals surface area contributed by atoms with Crippen LogP contribution in [-0.4, -0.2) is 61.9 Å². The van der Waals surface area contributed by atoms with Crippen molar-refractivity contribution in [3.8, 4) is 0 Å². The molecule has 0 bridgehead atoms. The molecule has 2 aliphatic rings. The maximum Gasteiger partial charge on any atom is 0.230 e. The zero-order valence-electron chi connectivity index (χ0n) is 16.3. The van der Waals surface area contributed by atoms with Crippen LogP contribution >= 0.6 is 0 Å². The van der Waals surface area contributed by atoms with E-state index < -0.39 is 0 Å². The Morgan fingerprint density at radius 3 is 2.29 bits per heavy atom. The van der Waals surface area contributed by atoms with Crippen molar-refractivity contribution in [1.29, 1.82) is 0 Å². The van der Waals surface area contributed by atoms with Gasteiger partial charge in [-0.2, -0.15) is 0 Å². The number of likely N-dealkylation sites (tertiary alicyclic amines) is 1. The molecule has 2 unspecified atom stereocenters. The second-order valence-electron chi connectivity index (χ2n) is 8.21. The van der Waals surface area contributed by atoms with E-state index in [2.05, 4.69) is 31.0 Å². The third-order valence-corrected chi connectivity index (χ3v) is 5.46. The summed E-state index contributed by atoms with van der Waals surface area (Å²) in [5.74, 6) is 2.64. The highest BCUT2D eigenvalue weighted by molar-refractivity contribution is 5.84. The SMILES string of the molecule is CCNC(=NCC1(C(=O)N(C)C)CCCC1)N1CC(C)CC(C)C1. The van der Waals surface area contributed by atoms with Crippen molar-refractivity contribution in [2.24, 2.45) is 22.2 Å². The van der Waals surface area contributed by atoms with Crippen molar-refractivity contribution in [3.05, 3.63) is 0 Å². The van der Waals surface area contributed by atoms with E-state index in [1.54, 1.807) is 4.90 Å². The lowest BCUT2D eigenvalue weighted by Crippen LogP contribution is -2.49. The van der Waals surface area contributed by atoms with E-state index in [1.807, 2.05) is 14.1 Å². The third-order valence-electron chi connectivity index (χ3n) is 5.46. The smallest absolute Gasteiger partial charge is 0.230 e. The molecule has 24 heavy (non-hydrogen) atoms. The molecular weight excluding hydrogens is 300 g/mol. The summed E-state index contributed by atoms with van der Waals surface area (Å²) in [5, 5.41) is 3.45. The van der Waals surface area contributed by atoms with Crippen LogP contribution in [0.4, 0.5) is 0 Å². The number of aliphatic imine (C=N–C) groups is 1. The Hall–Kier alpha value is -1.26. The molecule has 0 radical (unpaired) electrons. The minimum Gasteiger partial charge on any atom is -0.357 e. The quantitative estimate of drug-likeness (QED) is 0.634. The van der Waals surface area contributed by atoms with E-state index in [4.69, 9.17) is 4.99 Å². The highest BCUT2D eigenvalue weighted by Crippen LogP contribution is 2.39. The average molecular weight is 337 g/mol. The normalized spacial score (nSPS) is 27.2. The van der Waals surface area contributed by atoms with Crippen molar-refractivity contribution in [1.82, 2.24) is 15.1 Å². The van der Waals surface area contributed by atoms with Gasteiger partial charge in [0.25, 0.3) is 0 Å². The molecule has 1 saturated carbocycles. The molecular formula is C19H36N4O. The lowest BCUT2D eigenvalue weighted by molar-refractivity contribution is -0.138. The van der Waals surface area contributed by atoms with Gasteiger partial charge in [0.05, 0.1) is 12.0 Å². The number of hydrogen-bond acceptors (Lipinski definition) is 2. The number of carbonyl (C=O) groups is 1. The van der Waals surface area contributed by atoms with Gasteiger partial charge in [-0.1, -0.05) is 26.7 Å². The third kappa shape index (κ3) is 4.42. The van der Waals surface area contributed by atoms with E-state index in [1.165, 1.54) is 6.42 Å². The van der Waals surface area contributed by atoms with Crippen molar-refractivity contribution < 1.29 is 4.79 Å². The molecule has 138 valence electrons. The summed E-state index contributed by atoms with van der Waals surface area (Å²) >= 11 is 0. The van der Waals surface area contributed by atoms with Gasteiger partial charge in [-0.25, -0.2) is 0 Å². The number of carbonyl (C=O) groups excluding carboxylic acids is 1. The van der Waals surface area contributed by atoms with Crippen molar-refractivity contribution >= 4 is 11.9 Å². The van der Waals surface area contributed by atoms with Crippen LogP contribution in [0.25, 0.3) is 0 Å². The Balaban J connectivity index is 2.15. The number of nitrogens with one attached hydrogen (secondary N) is 1. The molecule has 0 aromatic rings. The lowest BCUT2D eigenvalue weighted by atomic mass is 9.84. The summed E-state index contributed by atoms with van der Waals surface area (Å²) in [6.07, 6.45) is 5.52. The maximum absolute atomic E-state index is 12.7. The van der Waals surface area contributed by atoms with Gasteiger partial charge in [0, 0.05) is 33.7 Å². The van der Waals surface area contributed by atoms with Crippen LogP contribution in [0.2, 0.25) is 0 Å². The van der Waals surface area contributed by atoms with Gasteiger partial charge in [-0.3, -0.25) is 9.79 Å². The van der Waals surface area contributed by atoms with Crippen molar-refractivity contribution in [2.45, 2.75) is 52.9 Å². The number of piperidine rings is 1. The summed E-state index contributed by atoms with van der Waals surface area (Å²) < 4.78 is 0. The first-order valence-corrected chi connectivity index (χ1v) is 9.63. The molecule has 0 aromatic carbocycles. The van der Waals surface area contributed by atoms with Crippen LogP contribution in [0, 0.1) is 17.3 Å². The molecule has 0 aromatic heterocycles. The molecule has 2 atom stereocenters. The van der Waals surface area contributed by atoms with Crippen molar-refractivity contribution in [2.75, 3.05) is 40.3 Å². The predicted molar refractivity (Wildman–Crippen MR) is 100 cm³/mol. The van der Waals surface area contributed by atoms with Crippen LogP contribution in [-0.2, 0) is 4.79 Å². The molecule has 1 aliphatic heterocycles. The van der Waals surface area contributed by atoms with Gasteiger partial charge in [-0.05, 0) is 38.0 Å². The second kappa shape index (κ2) is 8.21. The van der Waals surface area contributed by atoms with Crippen LogP contribution in [0.3, 0.4) is 0 Å². The lowest BCUT2D eigenvalue weighted by Gasteiger charge is -2.37. The molecule has 2 rings (SSSR count). The first-order valence-electron chi connectivity index (χ1n) is 9.63. The van der Waals surface area contributed by atoms with Crippen LogP contribution < -0.4 is 5.32 Å². The highest BCUT2D eigenvalue weighted by atomic mass is 16.2. The van der Waals surface area contributed by atoms with Gasteiger partial charge in [0.2, 0.25) is 5.91 Å². The Morgan fingerprint density at radius 1 is 1.21 bits per heavy atom. The topological polar surface area (TPSA) is 47.9 Å². The fourth-order valence-corrected chi connectivity index (χ4v) is 4.45. The largest absolute Gasteiger partial charge is 0.357 e. The van der Waals surface area contributed by atoms with E-state index in [-0.39, 0.29) is 11.3 Å². The summed E-state index contributed by atoms with van der Waals surface area (Å²) in [7, 11) is 3.73. The number of guanidine groups is 1. The first kappa shape index (κ1) is 19.1. The number of rotatable bonds is 4. The summed E-state index contributed by atoms with van der Waals surface area (Å²) in [6.45, 7) is 10.4. The minimum atomic E-state index is -0.281. The second-order valence-corrected chi connectivity index (χ2v) is 8.21. The Labute approximate surface area is 147 Å². The molecule has 2 fully saturated rings. The molecule has 1 saturated heterocycles. The summed E-state index contributed by atoms with van der Waals surface area (Å²) in [6, 6.07) is 0. The fraction of sp³-hybridized carbons (Fsp3) is 0.895. The fourth-order valence-electron chi connectivity index (χ4n) is 4.45. The van der Waals surface area contributed by atoms with Gasteiger partial charge in [0.1, 0.15) is 0 Å². The number of amides is 1. The van der Waals surface area contributed by atoms with Gasteiger partial charge in [-0.15, -0.1) is 0 Å². The van der Waals surface area contributed by atoms with Crippen molar-refractivity contribution in [3.63, 3.8) is 0 Å². The molecule has 1 heterocycles. The van der Waals surface area contributed by atoms with E-state index in [0.29, 0.717) is 18.4 Å².